The fourth-order valence-electron chi connectivity index (χ4n) is 2.58. The van der Waals surface area contributed by atoms with E-state index in [1.54, 1.807) is 10.8 Å². The lowest BCUT2D eigenvalue weighted by Gasteiger charge is -2.28. The van der Waals surface area contributed by atoms with Gasteiger partial charge in [0.15, 0.2) is 5.82 Å². The van der Waals surface area contributed by atoms with Crippen LogP contribution in [0.2, 0.25) is 25.7 Å². The first-order chi connectivity index (χ1) is 11.9. The molecule has 142 valence electrons. The molecule has 0 atom stereocenters. The van der Waals surface area contributed by atoms with Crippen LogP contribution in [0, 0.1) is 0 Å². The number of morpholine rings is 1. The largest absolute Gasteiger partial charge is 0.396 e. The monoisotopic (exact) mass is 369 g/mol. The molecule has 1 aromatic heterocycles. The molecular weight excluding hydrogens is 338 g/mol. The van der Waals surface area contributed by atoms with Crippen molar-refractivity contribution in [1.82, 2.24) is 9.55 Å². The van der Waals surface area contributed by atoms with Gasteiger partial charge in [-0.15, -0.1) is 0 Å². The van der Waals surface area contributed by atoms with Crippen LogP contribution in [0.15, 0.2) is 11.0 Å². The molecule has 2 heterocycles. The number of nitrogens with zero attached hydrogens (tertiary/aromatic N) is 3. The van der Waals surface area contributed by atoms with Crippen molar-refractivity contribution >= 4 is 13.9 Å². The second kappa shape index (κ2) is 9.47. The Morgan fingerprint density at radius 2 is 2.04 bits per heavy atom. The third-order valence-electron chi connectivity index (χ3n) is 4.13. The van der Waals surface area contributed by atoms with E-state index in [0.29, 0.717) is 51.6 Å². The Labute approximate surface area is 150 Å². The van der Waals surface area contributed by atoms with Crippen LogP contribution in [0.4, 0.5) is 5.82 Å². The Morgan fingerprint density at radius 1 is 1.32 bits per heavy atom. The number of hydrogen-bond acceptors (Lipinski definition) is 6. The van der Waals surface area contributed by atoms with Crippen LogP contribution in [0.25, 0.3) is 0 Å². The van der Waals surface area contributed by atoms with Gasteiger partial charge in [-0.3, -0.25) is 9.36 Å². The van der Waals surface area contributed by atoms with Crippen molar-refractivity contribution in [1.29, 1.82) is 0 Å². The van der Waals surface area contributed by atoms with E-state index >= 15 is 0 Å². The van der Waals surface area contributed by atoms with E-state index in [1.165, 1.54) is 0 Å². The van der Waals surface area contributed by atoms with Crippen LogP contribution in [-0.4, -0.2) is 62.2 Å². The zero-order chi connectivity index (χ0) is 18.3. The van der Waals surface area contributed by atoms with Crippen LogP contribution >= 0.6 is 0 Å². The summed E-state index contributed by atoms with van der Waals surface area (Å²) in [5, 5.41) is 9.07. The highest BCUT2D eigenvalue weighted by Crippen LogP contribution is 2.11. The van der Waals surface area contributed by atoms with Gasteiger partial charge in [-0.25, -0.2) is 4.98 Å². The standard InChI is InChI=1S/C17H31N3O4Si/c1-25(2,3)12-11-24-14-20-13-15(5-4-8-21)18-16(17(20)22)19-6-9-23-10-7-19/h13,21H,4-12,14H2,1-3H3. The molecule has 7 nitrogen and oxygen atoms in total. The highest BCUT2D eigenvalue weighted by molar-refractivity contribution is 6.76. The van der Waals surface area contributed by atoms with E-state index in [9.17, 15) is 4.79 Å². The summed E-state index contributed by atoms with van der Waals surface area (Å²) in [6, 6.07) is 1.07. The highest BCUT2D eigenvalue weighted by atomic mass is 28.3. The molecule has 1 aliphatic rings. The quantitative estimate of drug-likeness (QED) is 0.522. The molecule has 0 saturated carbocycles. The van der Waals surface area contributed by atoms with Crippen molar-refractivity contribution in [2.45, 2.75) is 45.3 Å². The molecule has 8 heteroatoms. The van der Waals surface area contributed by atoms with Gasteiger partial charge in [-0.1, -0.05) is 19.6 Å². The minimum absolute atomic E-state index is 0.112. The first-order valence-electron chi connectivity index (χ1n) is 9.02. The topological polar surface area (TPSA) is 76.8 Å². The van der Waals surface area contributed by atoms with Crippen molar-refractivity contribution in [2.75, 3.05) is 44.4 Å². The molecule has 2 rings (SSSR count). The molecule has 0 bridgehead atoms. The number of aliphatic hydroxyl groups is 1. The zero-order valence-corrected chi connectivity index (χ0v) is 16.7. The number of aliphatic hydroxyl groups excluding tert-OH is 1. The molecule has 0 radical (unpaired) electrons. The molecular formula is C17H31N3O4Si. The minimum atomic E-state index is -1.15. The van der Waals surface area contributed by atoms with Crippen LogP contribution in [0.3, 0.4) is 0 Å². The van der Waals surface area contributed by atoms with Gasteiger partial charge >= 0.3 is 0 Å². The fourth-order valence-corrected chi connectivity index (χ4v) is 3.34. The summed E-state index contributed by atoms with van der Waals surface area (Å²) in [6.45, 7) is 10.5. The molecule has 1 N–H and O–H groups in total. The third kappa shape index (κ3) is 6.54. The molecule has 0 unspecified atom stereocenters. The summed E-state index contributed by atoms with van der Waals surface area (Å²) < 4.78 is 12.7. The maximum Gasteiger partial charge on any atom is 0.295 e. The molecule has 0 spiro atoms. The molecule has 0 aromatic carbocycles. The van der Waals surface area contributed by atoms with Crippen molar-refractivity contribution in [3.63, 3.8) is 0 Å². The average Bonchev–Trinajstić information content (AvgIpc) is 2.58. The summed E-state index contributed by atoms with van der Waals surface area (Å²) in [4.78, 5) is 19.3. The van der Waals surface area contributed by atoms with Crippen LogP contribution in [-0.2, 0) is 22.6 Å². The van der Waals surface area contributed by atoms with E-state index in [-0.39, 0.29) is 18.9 Å². The zero-order valence-electron chi connectivity index (χ0n) is 15.7. The third-order valence-corrected chi connectivity index (χ3v) is 5.84. The van der Waals surface area contributed by atoms with E-state index in [0.717, 1.165) is 11.7 Å². The molecule has 1 saturated heterocycles. The Kier molecular flexibility index (Phi) is 7.61. The van der Waals surface area contributed by atoms with Crippen molar-refractivity contribution < 1.29 is 14.6 Å². The molecule has 25 heavy (non-hydrogen) atoms. The van der Waals surface area contributed by atoms with Gasteiger partial charge < -0.3 is 19.5 Å². The van der Waals surface area contributed by atoms with Gasteiger partial charge in [-0.2, -0.15) is 0 Å². The van der Waals surface area contributed by atoms with Gasteiger partial charge in [0, 0.05) is 40.6 Å². The Morgan fingerprint density at radius 3 is 2.68 bits per heavy atom. The highest BCUT2D eigenvalue weighted by Gasteiger charge is 2.19. The SMILES string of the molecule is C[Si](C)(C)CCOCn1cc(CCCO)nc(N2CCOCC2)c1=O. The lowest BCUT2D eigenvalue weighted by Crippen LogP contribution is -2.41. The second-order valence-corrected chi connectivity index (χ2v) is 13.2. The number of aromatic nitrogens is 2. The van der Waals surface area contributed by atoms with Gasteiger partial charge in [0.1, 0.15) is 6.73 Å². The first kappa shape index (κ1) is 20.1. The normalized spacial score (nSPS) is 15.6. The predicted molar refractivity (Wildman–Crippen MR) is 101 cm³/mol. The molecule has 1 aliphatic heterocycles. The van der Waals surface area contributed by atoms with Crippen molar-refractivity contribution in [2.24, 2.45) is 0 Å². The lowest BCUT2D eigenvalue weighted by atomic mass is 10.2. The summed E-state index contributed by atoms with van der Waals surface area (Å²) in [5.74, 6) is 0.465. The van der Waals surface area contributed by atoms with Gasteiger partial charge in [0.2, 0.25) is 0 Å². The first-order valence-corrected chi connectivity index (χ1v) is 12.7. The van der Waals surface area contributed by atoms with Crippen molar-refractivity contribution in [3.8, 4) is 0 Å². The fraction of sp³-hybridized carbons (Fsp3) is 0.765. The summed E-state index contributed by atoms with van der Waals surface area (Å²) in [6.07, 6.45) is 3.03. The van der Waals surface area contributed by atoms with Crippen LogP contribution in [0.5, 0.6) is 0 Å². The number of aryl methyl sites for hydroxylation is 1. The molecule has 1 fully saturated rings. The Bertz CT molecular complexity index is 595. The minimum Gasteiger partial charge on any atom is -0.396 e. The maximum atomic E-state index is 12.8. The van der Waals surface area contributed by atoms with E-state index in [1.807, 2.05) is 4.90 Å². The lowest BCUT2D eigenvalue weighted by molar-refractivity contribution is 0.0841. The van der Waals surface area contributed by atoms with E-state index in [4.69, 9.17) is 14.6 Å². The Balaban J connectivity index is 2.13. The summed E-state index contributed by atoms with van der Waals surface area (Å²) in [7, 11) is -1.15. The smallest absolute Gasteiger partial charge is 0.295 e. The van der Waals surface area contributed by atoms with Gasteiger partial charge in [0.25, 0.3) is 5.56 Å². The van der Waals surface area contributed by atoms with Gasteiger partial charge in [-0.05, 0) is 18.9 Å². The van der Waals surface area contributed by atoms with Crippen molar-refractivity contribution in [3.05, 3.63) is 22.2 Å². The number of rotatable bonds is 9. The van der Waals surface area contributed by atoms with Gasteiger partial charge in [0.05, 0.1) is 18.9 Å². The Hall–Kier alpha value is -1.22. The molecule has 0 aliphatic carbocycles. The molecule has 0 amide bonds. The maximum absolute atomic E-state index is 12.8. The second-order valence-electron chi connectivity index (χ2n) is 7.61. The van der Waals surface area contributed by atoms with E-state index < -0.39 is 8.07 Å². The van der Waals surface area contributed by atoms with E-state index in [2.05, 4.69) is 24.6 Å². The van der Waals surface area contributed by atoms with Crippen LogP contribution in [0.1, 0.15) is 12.1 Å². The molecule has 1 aromatic rings. The van der Waals surface area contributed by atoms with Crippen LogP contribution < -0.4 is 10.5 Å². The summed E-state index contributed by atoms with van der Waals surface area (Å²) in [5.41, 5.74) is 0.687. The number of hydrogen-bond donors (Lipinski definition) is 1. The predicted octanol–water partition coefficient (Wildman–Crippen LogP) is 1.32. The number of ether oxygens (including phenoxy) is 2. The number of anilines is 1. The average molecular weight is 370 g/mol. The summed E-state index contributed by atoms with van der Waals surface area (Å²) >= 11 is 0.